The molecule has 0 bridgehead atoms. The number of rotatable bonds is 4. The lowest BCUT2D eigenvalue weighted by Gasteiger charge is -2.12. The Kier molecular flexibility index (Phi) is 3.47. The van der Waals surface area contributed by atoms with E-state index in [9.17, 15) is 0 Å². The monoisotopic (exact) mass is 286 g/mol. The van der Waals surface area contributed by atoms with Gasteiger partial charge in [-0.3, -0.25) is 9.38 Å². The van der Waals surface area contributed by atoms with Gasteiger partial charge in [0.05, 0.1) is 25.2 Å². The van der Waals surface area contributed by atoms with Gasteiger partial charge in [0, 0.05) is 36.0 Å². The van der Waals surface area contributed by atoms with Gasteiger partial charge in [-0.25, -0.2) is 4.98 Å². The lowest BCUT2D eigenvalue weighted by molar-refractivity contribution is 0.416. The number of nitrogens with zero attached hydrogens (tertiary/aromatic N) is 3. The molecular formula is C14H14N4OS. The van der Waals surface area contributed by atoms with Crippen molar-refractivity contribution < 1.29 is 4.74 Å². The van der Waals surface area contributed by atoms with Gasteiger partial charge in [0.2, 0.25) is 0 Å². The molecule has 0 unspecified atom stereocenters. The molecule has 1 N–H and O–H groups in total. The highest BCUT2D eigenvalue weighted by Crippen LogP contribution is 2.32. The van der Waals surface area contributed by atoms with Crippen molar-refractivity contribution >= 4 is 23.3 Å². The first-order chi connectivity index (χ1) is 9.83. The number of hydrogen-bond donors (Lipinski definition) is 1. The zero-order chi connectivity index (χ0) is 13.9. The van der Waals surface area contributed by atoms with Gasteiger partial charge in [-0.1, -0.05) is 11.9 Å². The molecule has 5 nitrogen and oxygen atoms in total. The summed E-state index contributed by atoms with van der Waals surface area (Å²) in [6.45, 7) is 0. The van der Waals surface area contributed by atoms with E-state index in [2.05, 4.69) is 14.7 Å². The Morgan fingerprint density at radius 3 is 3.00 bits per heavy atom. The number of fused-ring (bicyclic) bond motifs is 1. The smallest absolute Gasteiger partial charge is 0.155 e. The predicted octanol–water partition coefficient (Wildman–Crippen LogP) is 3.09. The molecule has 102 valence electrons. The number of hydrogen-bond acceptors (Lipinski definition) is 5. The second-order valence-electron chi connectivity index (χ2n) is 4.17. The molecule has 0 radical (unpaired) electrons. The summed E-state index contributed by atoms with van der Waals surface area (Å²) in [6, 6.07) is 6.01. The third-order valence-corrected chi connectivity index (χ3v) is 3.45. The number of nitrogens with one attached hydrogen (secondary N) is 1. The van der Waals surface area contributed by atoms with Gasteiger partial charge in [-0.15, -0.1) is 0 Å². The first-order valence-corrected chi connectivity index (χ1v) is 7.30. The second kappa shape index (κ2) is 5.42. The Hall–Kier alpha value is -2.21. The highest BCUT2D eigenvalue weighted by atomic mass is 32.2. The van der Waals surface area contributed by atoms with E-state index in [0.29, 0.717) is 0 Å². The van der Waals surface area contributed by atoms with E-state index >= 15 is 0 Å². The standard InChI is InChI=1S/C14H14N4OS/c1-19-13-7-10(17-20-2)3-4-11(13)12-8-15-9-14-16-5-6-18(12)14/h3-9,17H,1-2H3. The van der Waals surface area contributed by atoms with Crippen molar-refractivity contribution in [2.75, 3.05) is 18.1 Å². The van der Waals surface area contributed by atoms with Gasteiger partial charge in [-0.2, -0.15) is 0 Å². The molecule has 0 saturated carbocycles. The van der Waals surface area contributed by atoms with Crippen molar-refractivity contribution in [2.24, 2.45) is 0 Å². The molecule has 0 spiro atoms. The molecule has 6 heteroatoms. The Morgan fingerprint density at radius 2 is 2.20 bits per heavy atom. The van der Waals surface area contributed by atoms with Crippen LogP contribution in [0.15, 0.2) is 43.0 Å². The molecule has 0 aliphatic heterocycles. The summed E-state index contributed by atoms with van der Waals surface area (Å²) in [5.41, 5.74) is 3.75. The topological polar surface area (TPSA) is 51.5 Å². The fourth-order valence-electron chi connectivity index (χ4n) is 2.13. The van der Waals surface area contributed by atoms with Gasteiger partial charge in [-0.05, 0) is 12.1 Å². The van der Waals surface area contributed by atoms with Gasteiger partial charge in [0.1, 0.15) is 5.75 Å². The third-order valence-electron chi connectivity index (χ3n) is 3.01. The van der Waals surface area contributed by atoms with Gasteiger partial charge >= 0.3 is 0 Å². The Bertz CT molecular complexity index is 741. The summed E-state index contributed by atoms with van der Waals surface area (Å²) in [7, 11) is 1.67. The second-order valence-corrected chi connectivity index (χ2v) is 4.78. The quantitative estimate of drug-likeness (QED) is 0.747. The van der Waals surface area contributed by atoms with Crippen molar-refractivity contribution in [3.63, 3.8) is 0 Å². The van der Waals surface area contributed by atoms with Crippen molar-refractivity contribution in [3.8, 4) is 17.0 Å². The average molecular weight is 286 g/mol. The SMILES string of the molecule is COc1cc(NSC)ccc1-c1cncc2nccn12. The normalized spacial score (nSPS) is 10.7. The average Bonchev–Trinajstić information content (AvgIpc) is 2.96. The predicted molar refractivity (Wildman–Crippen MR) is 82.1 cm³/mol. The fourth-order valence-corrected chi connectivity index (χ4v) is 2.50. The van der Waals surface area contributed by atoms with Crippen molar-refractivity contribution in [2.45, 2.75) is 0 Å². The molecule has 0 amide bonds. The van der Waals surface area contributed by atoms with Crippen LogP contribution in [0.3, 0.4) is 0 Å². The van der Waals surface area contributed by atoms with Crippen LogP contribution in [0, 0.1) is 0 Å². The molecule has 1 aromatic carbocycles. The van der Waals surface area contributed by atoms with Crippen LogP contribution >= 0.6 is 11.9 Å². The van der Waals surface area contributed by atoms with Crippen LogP contribution in [-0.2, 0) is 0 Å². The number of methoxy groups -OCH3 is 1. The van der Waals surface area contributed by atoms with Crippen LogP contribution in [0.2, 0.25) is 0 Å². The number of aromatic nitrogens is 3. The van der Waals surface area contributed by atoms with Crippen molar-refractivity contribution in [1.29, 1.82) is 0 Å². The molecular weight excluding hydrogens is 272 g/mol. The van der Waals surface area contributed by atoms with E-state index in [1.807, 2.05) is 41.2 Å². The molecule has 2 aromatic heterocycles. The van der Waals surface area contributed by atoms with E-state index in [1.165, 1.54) is 0 Å². The minimum Gasteiger partial charge on any atom is -0.496 e. The highest BCUT2D eigenvalue weighted by Gasteiger charge is 2.11. The van der Waals surface area contributed by atoms with Crippen LogP contribution in [0.5, 0.6) is 5.75 Å². The van der Waals surface area contributed by atoms with E-state index < -0.39 is 0 Å². The van der Waals surface area contributed by atoms with Crippen LogP contribution in [-0.4, -0.2) is 27.7 Å². The summed E-state index contributed by atoms with van der Waals surface area (Å²) in [4.78, 5) is 8.49. The number of anilines is 1. The molecule has 0 fully saturated rings. The Balaban J connectivity index is 2.16. The van der Waals surface area contributed by atoms with Crippen LogP contribution < -0.4 is 9.46 Å². The van der Waals surface area contributed by atoms with E-state index in [0.717, 1.165) is 28.3 Å². The first-order valence-electron chi connectivity index (χ1n) is 6.08. The summed E-state index contributed by atoms with van der Waals surface area (Å²) >= 11 is 1.55. The molecule has 20 heavy (non-hydrogen) atoms. The van der Waals surface area contributed by atoms with E-state index in [1.54, 1.807) is 31.5 Å². The molecule has 0 aliphatic carbocycles. The zero-order valence-electron chi connectivity index (χ0n) is 11.2. The number of ether oxygens (including phenoxy) is 1. The lowest BCUT2D eigenvalue weighted by Crippen LogP contribution is -1.96. The summed E-state index contributed by atoms with van der Waals surface area (Å²) < 4.78 is 10.7. The van der Waals surface area contributed by atoms with Crippen molar-refractivity contribution in [3.05, 3.63) is 43.0 Å². The minimum atomic E-state index is 0.798. The molecule has 0 saturated heterocycles. The summed E-state index contributed by atoms with van der Waals surface area (Å²) in [5, 5.41) is 0. The van der Waals surface area contributed by atoms with Crippen LogP contribution in [0.4, 0.5) is 5.69 Å². The maximum atomic E-state index is 5.50. The molecule has 0 aliphatic rings. The zero-order valence-corrected chi connectivity index (χ0v) is 12.0. The van der Waals surface area contributed by atoms with Gasteiger partial charge in [0.25, 0.3) is 0 Å². The van der Waals surface area contributed by atoms with Crippen LogP contribution in [0.1, 0.15) is 0 Å². The minimum absolute atomic E-state index is 0.798. The fraction of sp³-hybridized carbons (Fsp3) is 0.143. The number of benzene rings is 1. The van der Waals surface area contributed by atoms with Gasteiger partial charge < -0.3 is 9.46 Å². The van der Waals surface area contributed by atoms with Crippen molar-refractivity contribution in [1.82, 2.24) is 14.4 Å². The van der Waals surface area contributed by atoms with E-state index in [4.69, 9.17) is 4.74 Å². The summed E-state index contributed by atoms with van der Waals surface area (Å²) in [5.74, 6) is 0.798. The van der Waals surface area contributed by atoms with Gasteiger partial charge in [0.15, 0.2) is 5.65 Å². The molecule has 3 rings (SSSR count). The molecule has 3 aromatic rings. The highest BCUT2D eigenvalue weighted by molar-refractivity contribution is 7.99. The van der Waals surface area contributed by atoms with Crippen LogP contribution in [0.25, 0.3) is 16.9 Å². The first kappa shape index (κ1) is 12.8. The Labute approximate surface area is 121 Å². The molecule has 2 heterocycles. The largest absolute Gasteiger partial charge is 0.496 e. The lowest BCUT2D eigenvalue weighted by atomic mass is 10.1. The van der Waals surface area contributed by atoms with E-state index in [-0.39, 0.29) is 0 Å². The maximum absolute atomic E-state index is 5.50. The Morgan fingerprint density at radius 1 is 1.30 bits per heavy atom. The summed E-state index contributed by atoms with van der Waals surface area (Å²) in [6.07, 6.45) is 9.21. The third kappa shape index (κ3) is 2.18. The molecule has 0 atom stereocenters. The maximum Gasteiger partial charge on any atom is 0.155 e. The number of imidazole rings is 1.